The molecule has 0 aliphatic carbocycles. The number of carbonyl (C=O) groups is 1. The van der Waals surface area contributed by atoms with E-state index in [1.165, 1.54) is 28.4 Å². The fraction of sp³-hybridized carbons (Fsp3) is 0.267. The number of sulfone groups is 1. The maximum absolute atomic E-state index is 13.5. The number of benzene rings is 1. The lowest BCUT2D eigenvalue weighted by Crippen LogP contribution is -2.45. The first-order chi connectivity index (χ1) is 10.9. The van der Waals surface area contributed by atoms with Gasteiger partial charge in [0.1, 0.15) is 11.1 Å². The smallest absolute Gasteiger partial charge is 0.254 e. The summed E-state index contributed by atoms with van der Waals surface area (Å²) in [5.41, 5.74) is 0.163. The van der Waals surface area contributed by atoms with E-state index in [0.717, 1.165) is 6.07 Å². The summed E-state index contributed by atoms with van der Waals surface area (Å²) >= 11 is 6.97. The first-order valence-electron chi connectivity index (χ1n) is 6.88. The number of halogens is 2. The maximum Gasteiger partial charge on any atom is 0.254 e. The molecule has 1 amide bonds. The van der Waals surface area contributed by atoms with E-state index in [1.54, 1.807) is 17.5 Å². The molecule has 1 aliphatic rings. The number of amides is 1. The Bertz CT molecular complexity index is 836. The van der Waals surface area contributed by atoms with Crippen molar-refractivity contribution < 1.29 is 17.6 Å². The summed E-state index contributed by atoms with van der Waals surface area (Å²) in [6, 6.07) is 7.38. The average Bonchev–Trinajstić information content (AvgIpc) is 3.03. The number of hydrogen-bond acceptors (Lipinski definition) is 4. The highest BCUT2D eigenvalue weighted by molar-refractivity contribution is 7.91. The van der Waals surface area contributed by atoms with Gasteiger partial charge in [-0.15, -0.1) is 11.3 Å². The molecule has 0 bridgehead atoms. The quantitative estimate of drug-likeness (QED) is 0.812. The molecule has 2 heterocycles. The highest BCUT2D eigenvalue weighted by Gasteiger charge is 2.36. The Morgan fingerprint density at radius 1 is 1.35 bits per heavy atom. The van der Waals surface area contributed by atoms with E-state index >= 15 is 0 Å². The maximum atomic E-state index is 13.5. The zero-order chi connectivity index (χ0) is 16.6. The van der Waals surface area contributed by atoms with E-state index < -0.39 is 26.8 Å². The zero-order valence-electron chi connectivity index (χ0n) is 11.9. The molecule has 1 aliphatic heterocycles. The van der Waals surface area contributed by atoms with Crippen LogP contribution in [-0.4, -0.2) is 38.1 Å². The number of carbonyl (C=O) groups excluding carboxylic acids is 1. The summed E-state index contributed by atoms with van der Waals surface area (Å²) in [6.07, 6.45) is 0. The van der Waals surface area contributed by atoms with Crippen molar-refractivity contribution in [2.75, 3.05) is 18.8 Å². The van der Waals surface area contributed by atoms with Gasteiger partial charge >= 0.3 is 0 Å². The van der Waals surface area contributed by atoms with E-state index in [9.17, 15) is 17.6 Å². The second kappa shape index (κ2) is 6.22. The number of nitrogens with zero attached hydrogens (tertiary/aromatic N) is 1. The largest absolute Gasteiger partial charge is 0.336 e. The van der Waals surface area contributed by atoms with Crippen molar-refractivity contribution in [1.82, 2.24) is 4.90 Å². The molecular formula is C15H13ClFNO3S2. The Labute approximate surface area is 142 Å². The van der Waals surface area contributed by atoms with Crippen LogP contribution in [0.5, 0.6) is 0 Å². The second-order valence-corrected chi connectivity index (χ2v) is 8.94. The van der Waals surface area contributed by atoms with Gasteiger partial charge in [-0.1, -0.05) is 17.7 Å². The number of hydrogen-bond donors (Lipinski definition) is 0. The molecule has 4 nitrogen and oxygen atoms in total. The van der Waals surface area contributed by atoms with Gasteiger partial charge in [-0.3, -0.25) is 4.79 Å². The van der Waals surface area contributed by atoms with Crippen molar-refractivity contribution >= 4 is 38.7 Å². The minimum atomic E-state index is -3.29. The van der Waals surface area contributed by atoms with Crippen LogP contribution in [-0.2, 0) is 9.84 Å². The van der Waals surface area contributed by atoms with Gasteiger partial charge < -0.3 is 4.90 Å². The van der Waals surface area contributed by atoms with Gasteiger partial charge in [-0.2, -0.15) is 0 Å². The fourth-order valence-electron chi connectivity index (χ4n) is 2.52. The summed E-state index contributed by atoms with van der Waals surface area (Å²) in [4.78, 5) is 14.7. The number of rotatable bonds is 2. The van der Waals surface area contributed by atoms with E-state index in [0.29, 0.717) is 4.88 Å². The minimum absolute atomic E-state index is 0.0563. The second-order valence-electron chi connectivity index (χ2n) is 5.25. The zero-order valence-corrected chi connectivity index (χ0v) is 14.3. The van der Waals surface area contributed by atoms with E-state index in [4.69, 9.17) is 11.6 Å². The molecule has 1 aromatic heterocycles. The standard InChI is InChI=1S/C15H13ClFNO3S2/c16-11-4-3-10(8-12(11)17)15(19)18-5-7-23(20,21)14(9-18)13-2-1-6-22-13/h1-4,6,8,14H,5,7,9H2/t14-/m1/s1. The lowest BCUT2D eigenvalue weighted by Gasteiger charge is -2.32. The van der Waals surface area contributed by atoms with Crippen LogP contribution in [0.2, 0.25) is 5.02 Å². The molecule has 0 spiro atoms. The van der Waals surface area contributed by atoms with Gasteiger partial charge in [0, 0.05) is 23.5 Å². The third-order valence-electron chi connectivity index (χ3n) is 3.78. The van der Waals surface area contributed by atoms with Crippen LogP contribution >= 0.6 is 22.9 Å². The van der Waals surface area contributed by atoms with Gasteiger partial charge in [0.2, 0.25) is 0 Å². The van der Waals surface area contributed by atoms with Gasteiger partial charge in [0.15, 0.2) is 9.84 Å². The molecule has 0 saturated carbocycles. The van der Waals surface area contributed by atoms with Gasteiger partial charge in [-0.05, 0) is 29.6 Å². The monoisotopic (exact) mass is 373 g/mol. The summed E-state index contributed by atoms with van der Waals surface area (Å²) < 4.78 is 38.1. The first kappa shape index (κ1) is 16.4. The molecule has 1 saturated heterocycles. The molecule has 1 aromatic carbocycles. The molecule has 0 unspecified atom stereocenters. The summed E-state index contributed by atoms with van der Waals surface area (Å²) in [5, 5.41) is 1.02. The topological polar surface area (TPSA) is 54.5 Å². The SMILES string of the molecule is O=C(c1ccc(Cl)c(F)c1)N1CCS(=O)(=O)[C@@H](c2cccs2)C1. The summed E-state index contributed by atoms with van der Waals surface area (Å²) in [6.45, 7) is 0.180. The van der Waals surface area contributed by atoms with Crippen LogP contribution in [0.15, 0.2) is 35.7 Å². The predicted molar refractivity (Wildman–Crippen MR) is 88.2 cm³/mol. The van der Waals surface area contributed by atoms with Gasteiger partial charge in [0.05, 0.1) is 10.8 Å². The molecule has 8 heteroatoms. The minimum Gasteiger partial charge on any atom is -0.336 e. The van der Waals surface area contributed by atoms with Crippen molar-refractivity contribution in [3.8, 4) is 0 Å². The lowest BCUT2D eigenvalue weighted by molar-refractivity contribution is 0.0758. The van der Waals surface area contributed by atoms with Crippen LogP contribution in [0.1, 0.15) is 20.5 Å². The highest BCUT2D eigenvalue weighted by atomic mass is 35.5. The normalized spacial score (nSPS) is 20.4. The molecule has 3 rings (SSSR count). The number of thiophene rings is 1. The molecular weight excluding hydrogens is 361 g/mol. The van der Waals surface area contributed by atoms with E-state index in [2.05, 4.69) is 0 Å². The third kappa shape index (κ3) is 3.27. The summed E-state index contributed by atoms with van der Waals surface area (Å²) in [5.74, 6) is -1.16. The van der Waals surface area contributed by atoms with Crippen LogP contribution in [0.4, 0.5) is 4.39 Å². The van der Waals surface area contributed by atoms with Gasteiger partial charge in [-0.25, -0.2) is 12.8 Å². The van der Waals surface area contributed by atoms with Gasteiger partial charge in [0.25, 0.3) is 5.91 Å². The molecule has 0 N–H and O–H groups in total. The van der Waals surface area contributed by atoms with Crippen molar-refractivity contribution in [3.05, 3.63) is 57.0 Å². The molecule has 122 valence electrons. The Hall–Kier alpha value is -1.44. The first-order valence-corrected chi connectivity index (χ1v) is 9.85. The Morgan fingerprint density at radius 2 is 2.13 bits per heavy atom. The molecule has 1 fully saturated rings. The fourth-order valence-corrected chi connectivity index (χ4v) is 5.54. The van der Waals surface area contributed by atoms with Crippen LogP contribution in [0.3, 0.4) is 0 Å². The molecule has 2 aromatic rings. The van der Waals surface area contributed by atoms with Crippen LogP contribution < -0.4 is 0 Å². The summed E-state index contributed by atoms with van der Waals surface area (Å²) in [7, 11) is -3.29. The molecule has 23 heavy (non-hydrogen) atoms. The van der Waals surface area contributed by atoms with E-state index in [-0.39, 0.29) is 29.4 Å². The highest BCUT2D eigenvalue weighted by Crippen LogP contribution is 2.31. The Balaban J connectivity index is 1.86. The van der Waals surface area contributed by atoms with Crippen molar-refractivity contribution in [3.63, 3.8) is 0 Å². The average molecular weight is 374 g/mol. The van der Waals surface area contributed by atoms with Crippen LogP contribution in [0.25, 0.3) is 0 Å². The Kier molecular flexibility index (Phi) is 4.44. The predicted octanol–water partition coefficient (Wildman–Crippen LogP) is 3.15. The van der Waals surface area contributed by atoms with Crippen molar-refractivity contribution in [1.29, 1.82) is 0 Å². The van der Waals surface area contributed by atoms with Crippen molar-refractivity contribution in [2.24, 2.45) is 0 Å². The molecule has 1 atom stereocenters. The van der Waals surface area contributed by atoms with E-state index in [1.807, 2.05) is 0 Å². The Morgan fingerprint density at radius 3 is 2.78 bits per heavy atom. The van der Waals surface area contributed by atoms with Crippen LogP contribution in [0, 0.1) is 5.82 Å². The molecule has 0 radical (unpaired) electrons. The third-order valence-corrected chi connectivity index (χ3v) is 7.24. The lowest BCUT2D eigenvalue weighted by atomic mass is 10.2. The van der Waals surface area contributed by atoms with Crippen molar-refractivity contribution in [2.45, 2.75) is 5.25 Å².